The lowest BCUT2D eigenvalue weighted by molar-refractivity contribution is -0.125. The molecule has 2 aliphatic rings. The van der Waals surface area contributed by atoms with Gasteiger partial charge >= 0.3 is 0 Å². The molecule has 1 amide bonds. The van der Waals surface area contributed by atoms with E-state index in [9.17, 15) is 4.79 Å². The van der Waals surface area contributed by atoms with E-state index in [2.05, 4.69) is 17.6 Å². The van der Waals surface area contributed by atoms with Crippen LogP contribution in [-0.4, -0.2) is 12.5 Å². The predicted octanol–water partition coefficient (Wildman–Crippen LogP) is 4.94. The van der Waals surface area contributed by atoms with Crippen molar-refractivity contribution < 1.29 is 4.79 Å². The Labute approximate surface area is 157 Å². The van der Waals surface area contributed by atoms with Crippen molar-refractivity contribution in [2.45, 2.75) is 31.2 Å². The molecule has 2 N–H and O–H groups in total. The number of halogens is 2. The van der Waals surface area contributed by atoms with Crippen LogP contribution in [0.25, 0.3) is 0 Å². The van der Waals surface area contributed by atoms with E-state index in [4.69, 9.17) is 23.2 Å². The standard InChI is InChI=1S/C20H20Cl2N2O/c1-2-13-8-9-23-18(12-4-3-5-14(21)10-12)20(13)16-7-6-15(22)11-17(16)24-19(20)25/h3-7,10-11,13,18,23H,2,8-9H2,1H3,(H,24,25)/t13-,18-,20-/m0/s1. The summed E-state index contributed by atoms with van der Waals surface area (Å²) in [5.74, 6) is 0.300. The number of anilines is 1. The molecule has 4 rings (SSSR count). The van der Waals surface area contributed by atoms with Crippen LogP contribution in [0.1, 0.15) is 36.9 Å². The number of hydrogen-bond donors (Lipinski definition) is 2. The molecule has 130 valence electrons. The maximum atomic E-state index is 13.3. The van der Waals surface area contributed by atoms with Crippen LogP contribution in [0.3, 0.4) is 0 Å². The first kappa shape index (κ1) is 16.9. The van der Waals surface area contributed by atoms with Gasteiger partial charge in [0.25, 0.3) is 0 Å². The quantitative estimate of drug-likeness (QED) is 0.780. The molecule has 2 aliphatic heterocycles. The van der Waals surface area contributed by atoms with Gasteiger partial charge in [-0.25, -0.2) is 0 Å². The molecular formula is C20H20Cl2N2O. The van der Waals surface area contributed by atoms with Gasteiger partial charge in [-0.05, 0) is 54.3 Å². The van der Waals surface area contributed by atoms with Gasteiger partial charge in [-0.3, -0.25) is 4.79 Å². The number of nitrogens with one attached hydrogen (secondary N) is 2. The third-order valence-corrected chi connectivity index (χ3v) is 6.14. The van der Waals surface area contributed by atoms with Crippen molar-refractivity contribution in [1.82, 2.24) is 5.32 Å². The summed E-state index contributed by atoms with van der Waals surface area (Å²) >= 11 is 12.4. The minimum Gasteiger partial charge on any atom is -0.325 e. The molecule has 0 unspecified atom stereocenters. The fourth-order valence-electron chi connectivity index (χ4n) is 4.64. The Hall–Kier alpha value is -1.55. The average Bonchev–Trinajstić information content (AvgIpc) is 2.87. The van der Waals surface area contributed by atoms with Crippen LogP contribution in [-0.2, 0) is 10.2 Å². The lowest BCUT2D eigenvalue weighted by Crippen LogP contribution is -2.55. The van der Waals surface area contributed by atoms with Crippen LogP contribution >= 0.6 is 23.2 Å². The Balaban J connectivity index is 1.95. The maximum Gasteiger partial charge on any atom is 0.237 e. The smallest absolute Gasteiger partial charge is 0.237 e. The number of carbonyl (C=O) groups is 1. The highest BCUT2D eigenvalue weighted by molar-refractivity contribution is 6.31. The molecule has 5 heteroatoms. The van der Waals surface area contributed by atoms with Gasteiger partial charge in [-0.15, -0.1) is 0 Å². The minimum absolute atomic E-state index is 0.0498. The number of amides is 1. The van der Waals surface area contributed by atoms with Crippen LogP contribution in [0, 0.1) is 5.92 Å². The van der Waals surface area contributed by atoms with Crippen LogP contribution in [0.15, 0.2) is 42.5 Å². The highest BCUT2D eigenvalue weighted by Crippen LogP contribution is 2.54. The van der Waals surface area contributed by atoms with Crippen molar-refractivity contribution in [3.05, 3.63) is 63.6 Å². The summed E-state index contributed by atoms with van der Waals surface area (Å²) in [6.07, 6.45) is 1.90. The van der Waals surface area contributed by atoms with Crippen molar-refractivity contribution in [3.63, 3.8) is 0 Å². The van der Waals surface area contributed by atoms with E-state index in [1.54, 1.807) is 0 Å². The van der Waals surface area contributed by atoms with Crippen molar-refractivity contribution in [2.24, 2.45) is 5.92 Å². The first-order chi connectivity index (χ1) is 12.1. The molecule has 0 aliphatic carbocycles. The number of hydrogen-bond acceptors (Lipinski definition) is 2. The molecule has 0 aromatic heterocycles. The topological polar surface area (TPSA) is 41.1 Å². The number of rotatable bonds is 2. The Kier molecular flexibility index (Phi) is 4.27. The van der Waals surface area contributed by atoms with E-state index in [0.29, 0.717) is 10.0 Å². The normalized spacial score (nSPS) is 28.0. The molecule has 2 aromatic rings. The zero-order valence-electron chi connectivity index (χ0n) is 14.0. The summed E-state index contributed by atoms with van der Waals surface area (Å²) in [7, 11) is 0. The lowest BCUT2D eigenvalue weighted by Gasteiger charge is -2.46. The molecule has 1 spiro atoms. The molecular weight excluding hydrogens is 355 g/mol. The molecule has 2 aromatic carbocycles. The zero-order valence-corrected chi connectivity index (χ0v) is 15.5. The maximum absolute atomic E-state index is 13.3. The zero-order chi connectivity index (χ0) is 17.6. The van der Waals surface area contributed by atoms with E-state index >= 15 is 0 Å². The van der Waals surface area contributed by atoms with Gasteiger partial charge in [-0.1, -0.05) is 54.7 Å². The van der Waals surface area contributed by atoms with E-state index < -0.39 is 5.41 Å². The highest BCUT2D eigenvalue weighted by atomic mass is 35.5. The number of benzene rings is 2. The van der Waals surface area contributed by atoms with Gasteiger partial charge in [0, 0.05) is 15.7 Å². The highest BCUT2D eigenvalue weighted by Gasteiger charge is 2.58. The minimum atomic E-state index is -0.641. The Morgan fingerprint density at radius 1 is 1.16 bits per heavy atom. The van der Waals surface area contributed by atoms with Crippen LogP contribution in [0.5, 0.6) is 0 Å². The fourth-order valence-corrected chi connectivity index (χ4v) is 5.01. The SMILES string of the molecule is CC[C@H]1CCN[C@@H](c2cccc(Cl)c2)[C@]12C(=O)Nc1cc(Cl)ccc12. The fraction of sp³-hybridized carbons (Fsp3) is 0.350. The molecule has 0 radical (unpaired) electrons. The molecule has 0 bridgehead atoms. The molecule has 1 fully saturated rings. The van der Waals surface area contributed by atoms with Gasteiger partial charge in [0.05, 0.1) is 11.5 Å². The molecule has 0 saturated carbocycles. The second-order valence-electron chi connectivity index (χ2n) is 6.85. The third kappa shape index (κ3) is 2.49. The van der Waals surface area contributed by atoms with Crippen LogP contribution < -0.4 is 10.6 Å². The van der Waals surface area contributed by atoms with E-state index in [1.165, 1.54) is 0 Å². The lowest BCUT2D eigenvalue weighted by atomic mass is 9.60. The van der Waals surface area contributed by atoms with E-state index in [-0.39, 0.29) is 17.9 Å². The van der Waals surface area contributed by atoms with Crippen molar-refractivity contribution >= 4 is 34.8 Å². The summed E-state index contributed by atoms with van der Waals surface area (Å²) in [6, 6.07) is 13.4. The summed E-state index contributed by atoms with van der Waals surface area (Å²) in [4.78, 5) is 13.3. The summed E-state index contributed by atoms with van der Waals surface area (Å²) in [5.41, 5.74) is 2.26. The Bertz CT molecular complexity index is 838. The Morgan fingerprint density at radius 2 is 1.96 bits per heavy atom. The van der Waals surface area contributed by atoms with Gasteiger partial charge in [0.1, 0.15) is 0 Å². The van der Waals surface area contributed by atoms with Crippen molar-refractivity contribution in [3.8, 4) is 0 Å². The van der Waals surface area contributed by atoms with Gasteiger partial charge in [-0.2, -0.15) is 0 Å². The average molecular weight is 375 g/mol. The predicted molar refractivity (Wildman–Crippen MR) is 102 cm³/mol. The summed E-state index contributed by atoms with van der Waals surface area (Å²) < 4.78 is 0. The van der Waals surface area contributed by atoms with Gasteiger partial charge in [0.15, 0.2) is 0 Å². The van der Waals surface area contributed by atoms with E-state index in [0.717, 1.165) is 36.2 Å². The van der Waals surface area contributed by atoms with Gasteiger partial charge in [0.2, 0.25) is 5.91 Å². The molecule has 3 atom stereocenters. The second-order valence-corrected chi connectivity index (χ2v) is 7.72. The number of carbonyl (C=O) groups excluding carboxylic acids is 1. The Morgan fingerprint density at radius 3 is 2.72 bits per heavy atom. The molecule has 1 saturated heterocycles. The van der Waals surface area contributed by atoms with Crippen molar-refractivity contribution in [1.29, 1.82) is 0 Å². The van der Waals surface area contributed by atoms with Crippen molar-refractivity contribution in [2.75, 3.05) is 11.9 Å². The molecule has 2 heterocycles. The largest absolute Gasteiger partial charge is 0.325 e. The van der Waals surface area contributed by atoms with E-state index in [1.807, 2.05) is 42.5 Å². The third-order valence-electron chi connectivity index (χ3n) is 5.67. The van der Waals surface area contributed by atoms with Crippen LogP contribution in [0.4, 0.5) is 5.69 Å². The summed E-state index contributed by atoms with van der Waals surface area (Å²) in [5, 5.41) is 7.99. The number of piperidine rings is 1. The van der Waals surface area contributed by atoms with Crippen LogP contribution in [0.2, 0.25) is 10.0 Å². The molecule has 25 heavy (non-hydrogen) atoms. The second kappa shape index (κ2) is 6.31. The summed E-state index contributed by atoms with van der Waals surface area (Å²) in [6.45, 7) is 3.04. The molecule has 3 nitrogen and oxygen atoms in total. The first-order valence-corrected chi connectivity index (χ1v) is 9.43. The monoisotopic (exact) mass is 374 g/mol. The van der Waals surface area contributed by atoms with Gasteiger partial charge < -0.3 is 10.6 Å². The number of fused-ring (bicyclic) bond motifs is 2. The first-order valence-electron chi connectivity index (χ1n) is 8.67.